The molecule has 0 radical (unpaired) electrons. The number of aromatic nitrogens is 2. The molecule has 0 saturated heterocycles. The molecule has 1 aromatic carbocycles. The number of anilines is 1. The van der Waals surface area contributed by atoms with Gasteiger partial charge < -0.3 is 10.3 Å². The molecule has 2 rings (SSSR count). The van der Waals surface area contributed by atoms with Gasteiger partial charge in [0.1, 0.15) is 5.82 Å². The van der Waals surface area contributed by atoms with Crippen LogP contribution in [0.15, 0.2) is 18.2 Å². The van der Waals surface area contributed by atoms with Crippen LogP contribution in [0.25, 0.3) is 0 Å². The number of imidazole rings is 1. The molecule has 4 heteroatoms. The standard InChI is InChI=1S/C16H22ClN3/c1-4-5-6-15-19-14(16(17)20-15)10-18-13-8-11(2)7-12(3)9-13/h7-9,18H,4-6,10H2,1-3H3,(H,19,20). The van der Waals surface area contributed by atoms with Crippen LogP contribution in [0.1, 0.15) is 42.4 Å². The van der Waals surface area contributed by atoms with Crippen LogP contribution < -0.4 is 5.32 Å². The van der Waals surface area contributed by atoms with Gasteiger partial charge in [0.15, 0.2) is 5.15 Å². The van der Waals surface area contributed by atoms with Gasteiger partial charge in [0, 0.05) is 12.1 Å². The maximum Gasteiger partial charge on any atom is 0.152 e. The van der Waals surface area contributed by atoms with Crippen molar-refractivity contribution in [2.45, 2.75) is 46.6 Å². The monoisotopic (exact) mass is 291 g/mol. The molecule has 2 aromatic rings. The van der Waals surface area contributed by atoms with Crippen molar-refractivity contribution in [3.05, 3.63) is 46.0 Å². The first-order chi connectivity index (χ1) is 9.58. The van der Waals surface area contributed by atoms with E-state index in [0.717, 1.165) is 36.5 Å². The highest BCUT2D eigenvalue weighted by atomic mass is 35.5. The van der Waals surface area contributed by atoms with Crippen molar-refractivity contribution in [1.29, 1.82) is 0 Å². The van der Waals surface area contributed by atoms with Crippen molar-refractivity contribution in [2.24, 2.45) is 0 Å². The van der Waals surface area contributed by atoms with Crippen molar-refractivity contribution in [3.63, 3.8) is 0 Å². The van der Waals surface area contributed by atoms with Crippen LogP contribution in [-0.4, -0.2) is 9.97 Å². The van der Waals surface area contributed by atoms with E-state index >= 15 is 0 Å². The van der Waals surface area contributed by atoms with E-state index in [9.17, 15) is 0 Å². The molecular formula is C16H22ClN3. The number of rotatable bonds is 6. The first-order valence-electron chi connectivity index (χ1n) is 7.14. The van der Waals surface area contributed by atoms with Gasteiger partial charge in [-0.05, 0) is 43.5 Å². The van der Waals surface area contributed by atoms with Gasteiger partial charge in [-0.1, -0.05) is 31.0 Å². The van der Waals surface area contributed by atoms with Gasteiger partial charge in [-0.25, -0.2) is 4.98 Å². The highest BCUT2D eigenvalue weighted by Crippen LogP contribution is 2.18. The summed E-state index contributed by atoms with van der Waals surface area (Å²) in [6.45, 7) is 7.04. The summed E-state index contributed by atoms with van der Waals surface area (Å²) >= 11 is 6.17. The number of benzene rings is 1. The second kappa shape index (κ2) is 6.80. The number of hydrogen-bond donors (Lipinski definition) is 2. The Hall–Kier alpha value is -1.48. The molecule has 0 unspecified atom stereocenters. The highest BCUT2D eigenvalue weighted by molar-refractivity contribution is 6.30. The minimum atomic E-state index is 0.577. The van der Waals surface area contributed by atoms with E-state index in [1.807, 2.05) is 0 Å². The number of halogens is 1. The Morgan fingerprint density at radius 3 is 2.55 bits per heavy atom. The molecule has 0 amide bonds. The molecule has 0 spiro atoms. The summed E-state index contributed by atoms with van der Waals surface area (Å²) in [5.41, 5.74) is 4.58. The maximum atomic E-state index is 6.17. The number of unbranched alkanes of at least 4 members (excludes halogenated alkanes) is 1. The molecule has 0 atom stereocenters. The number of H-pyrrole nitrogens is 1. The predicted octanol–water partition coefficient (Wildman–Crippen LogP) is 4.63. The van der Waals surface area contributed by atoms with Crippen molar-refractivity contribution in [3.8, 4) is 0 Å². The smallest absolute Gasteiger partial charge is 0.152 e. The summed E-state index contributed by atoms with van der Waals surface area (Å²) in [6, 6.07) is 6.43. The zero-order valence-corrected chi connectivity index (χ0v) is 13.1. The van der Waals surface area contributed by atoms with Gasteiger partial charge in [-0.3, -0.25) is 0 Å². The molecule has 0 aliphatic carbocycles. The quantitative estimate of drug-likeness (QED) is 0.814. The minimum absolute atomic E-state index is 0.577. The molecule has 3 nitrogen and oxygen atoms in total. The van der Waals surface area contributed by atoms with E-state index in [1.54, 1.807) is 0 Å². The van der Waals surface area contributed by atoms with Crippen LogP contribution in [0.3, 0.4) is 0 Å². The van der Waals surface area contributed by atoms with Crippen LogP contribution in [0.2, 0.25) is 5.15 Å². The number of hydrogen-bond acceptors (Lipinski definition) is 2. The largest absolute Gasteiger partial charge is 0.379 e. The van der Waals surface area contributed by atoms with Crippen LogP contribution in [0.5, 0.6) is 0 Å². The Balaban J connectivity index is 2.01. The first kappa shape index (κ1) is 14.9. The lowest BCUT2D eigenvalue weighted by Crippen LogP contribution is -2.01. The number of aromatic amines is 1. The average Bonchev–Trinajstić information content (AvgIpc) is 2.73. The van der Waals surface area contributed by atoms with Crippen molar-refractivity contribution in [1.82, 2.24) is 9.97 Å². The van der Waals surface area contributed by atoms with E-state index in [0.29, 0.717) is 11.7 Å². The zero-order chi connectivity index (χ0) is 14.5. The fourth-order valence-electron chi connectivity index (χ4n) is 2.29. The maximum absolute atomic E-state index is 6.17. The summed E-state index contributed by atoms with van der Waals surface area (Å²) < 4.78 is 0. The SMILES string of the molecule is CCCCc1nc(Cl)c(CNc2cc(C)cc(C)c2)[nH]1. The molecule has 0 saturated carbocycles. The van der Waals surface area contributed by atoms with Gasteiger partial charge in [-0.15, -0.1) is 0 Å². The summed E-state index contributed by atoms with van der Waals surface area (Å²) in [7, 11) is 0. The highest BCUT2D eigenvalue weighted by Gasteiger charge is 2.07. The Bertz CT molecular complexity index is 555. The van der Waals surface area contributed by atoms with E-state index in [4.69, 9.17) is 11.6 Å². The van der Waals surface area contributed by atoms with E-state index in [2.05, 4.69) is 54.3 Å². The topological polar surface area (TPSA) is 40.7 Å². The molecular weight excluding hydrogens is 270 g/mol. The summed E-state index contributed by atoms with van der Waals surface area (Å²) in [5.74, 6) is 0.981. The molecule has 108 valence electrons. The predicted molar refractivity (Wildman–Crippen MR) is 85.5 cm³/mol. The Kier molecular flexibility index (Phi) is 5.07. The number of aryl methyl sites for hydroxylation is 3. The molecule has 2 N–H and O–H groups in total. The van der Waals surface area contributed by atoms with Gasteiger partial charge in [0.2, 0.25) is 0 Å². The van der Waals surface area contributed by atoms with Crippen LogP contribution >= 0.6 is 11.6 Å². The number of nitrogens with one attached hydrogen (secondary N) is 2. The van der Waals surface area contributed by atoms with E-state index < -0.39 is 0 Å². The van der Waals surface area contributed by atoms with Gasteiger partial charge >= 0.3 is 0 Å². The minimum Gasteiger partial charge on any atom is -0.379 e. The molecule has 0 aliphatic heterocycles. The van der Waals surface area contributed by atoms with Crippen LogP contribution in [-0.2, 0) is 13.0 Å². The second-order valence-electron chi connectivity index (χ2n) is 5.29. The average molecular weight is 292 g/mol. The second-order valence-corrected chi connectivity index (χ2v) is 5.64. The summed E-state index contributed by atoms with van der Waals surface area (Å²) in [4.78, 5) is 7.68. The Labute approximate surface area is 125 Å². The van der Waals surface area contributed by atoms with Gasteiger partial charge in [-0.2, -0.15) is 0 Å². The van der Waals surface area contributed by atoms with E-state index in [-0.39, 0.29) is 0 Å². The lowest BCUT2D eigenvalue weighted by Gasteiger charge is -2.07. The summed E-state index contributed by atoms with van der Waals surface area (Å²) in [6.07, 6.45) is 3.25. The third-order valence-electron chi connectivity index (χ3n) is 3.24. The normalized spacial score (nSPS) is 10.8. The van der Waals surface area contributed by atoms with Gasteiger partial charge in [0.05, 0.1) is 12.2 Å². The molecule has 0 fully saturated rings. The number of nitrogens with zero attached hydrogens (tertiary/aromatic N) is 1. The third kappa shape index (κ3) is 4.01. The zero-order valence-electron chi connectivity index (χ0n) is 12.4. The fraction of sp³-hybridized carbons (Fsp3) is 0.438. The van der Waals surface area contributed by atoms with Crippen LogP contribution in [0.4, 0.5) is 5.69 Å². The Morgan fingerprint density at radius 1 is 1.20 bits per heavy atom. The molecule has 20 heavy (non-hydrogen) atoms. The van der Waals surface area contributed by atoms with E-state index in [1.165, 1.54) is 11.1 Å². The third-order valence-corrected chi connectivity index (χ3v) is 3.55. The lowest BCUT2D eigenvalue weighted by atomic mass is 10.1. The van der Waals surface area contributed by atoms with Crippen molar-refractivity contribution >= 4 is 17.3 Å². The molecule has 0 bridgehead atoms. The van der Waals surface area contributed by atoms with Crippen molar-refractivity contribution in [2.75, 3.05) is 5.32 Å². The Morgan fingerprint density at radius 2 is 1.90 bits per heavy atom. The first-order valence-corrected chi connectivity index (χ1v) is 7.51. The fourth-order valence-corrected chi connectivity index (χ4v) is 2.50. The molecule has 1 aromatic heterocycles. The van der Waals surface area contributed by atoms with Gasteiger partial charge in [0.25, 0.3) is 0 Å². The molecule has 1 heterocycles. The lowest BCUT2D eigenvalue weighted by molar-refractivity contribution is 0.760. The van der Waals surface area contributed by atoms with Crippen LogP contribution in [0, 0.1) is 13.8 Å². The van der Waals surface area contributed by atoms with Crippen molar-refractivity contribution < 1.29 is 0 Å². The summed E-state index contributed by atoms with van der Waals surface area (Å²) in [5, 5.41) is 3.97. The molecule has 0 aliphatic rings.